The molecule has 4 rings (SSSR count). The van der Waals surface area contributed by atoms with Gasteiger partial charge in [0.25, 0.3) is 0 Å². The fourth-order valence-corrected chi connectivity index (χ4v) is 5.31. The van der Waals surface area contributed by atoms with Crippen molar-refractivity contribution in [3.8, 4) is 0 Å². The van der Waals surface area contributed by atoms with Crippen molar-refractivity contribution in [3.63, 3.8) is 0 Å². The Morgan fingerprint density at radius 2 is 2.19 bits per heavy atom. The smallest absolute Gasteiger partial charge is 0.236 e. The minimum Gasteiger partial charge on any atom is -0.363 e. The fraction of sp³-hybridized carbons (Fsp3) is 0.450. The van der Waals surface area contributed by atoms with Crippen molar-refractivity contribution >= 4 is 27.4 Å². The molecule has 2 aliphatic heterocycles. The molecule has 2 aromatic rings. The number of hydrogen-bond acceptors (Lipinski definition) is 7. The highest BCUT2D eigenvalue weighted by molar-refractivity contribution is 7.92. The minimum absolute atomic E-state index is 0.108. The number of rotatable bonds is 5. The quantitative estimate of drug-likeness (QED) is 0.708. The van der Waals surface area contributed by atoms with Crippen LogP contribution in [0.2, 0.25) is 0 Å². The molecule has 0 aliphatic carbocycles. The Kier molecular flexibility index (Phi) is 6.05. The molecule has 2 aromatic heterocycles. The maximum atomic E-state index is 13.9. The molecule has 2 aliphatic rings. The molecule has 0 bridgehead atoms. The van der Waals surface area contributed by atoms with Gasteiger partial charge in [0.2, 0.25) is 10.0 Å². The summed E-state index contributed by atoms with van der Waals surface area (Å²) in [6.45, 7) is 5.38. The molecule has 9 nitrogen and oxygen atoms in total. The van der Waals surface area contributed by atoms with E-state index in [1.54, 1.807) is 29.9 Å². The highest BCUT2D eigenvalue weighted by atomic mass is 32.2. The summed E-state index contributed by atoms with van der Waals surface area (Å²) in [6, 6.07) is 5.03. The molecule has 0 unspecified atom stereocenters. The van der Waals surface area contributed by atoms with E-state index in [2.05, 4.69) is 32.2 Å². The molecule has 31 heavy (non-hydrogen) atoms. The van der Waals surface area contributed by atoms with Gasteiger partial charge in [-0.1, -0.05) is 12.6 Å². The molecular formula is C20H26FN7O2S. The maximum absolute atomic E-state index is 13.9. The Hall–Kier alpha value is -2.79. The van der Waals surface area contributed by atoms with Crippen molar-refractivity contribution in [3.05, 3.63) is 48.4 Å². The van der Waals surface area contributed by atoms with Crippen LogP contribution in [0.4, 0.5) is 16.0 Å². The molecule has 0 spiro atoms. The van der Waals surface area contributed by atoms with Gasteiger partial charge in [-0.3, -0.25) is 13.9 Å². The second-order valence-corrected chi connectivity index (χ2v) is 9.59. The third-order valence-electron chi connectivity index (χ3n) is 5.45. The summed E-state index contributed by atoms with van der Waals surface area (Å²) in [5.41, 5.74) is 1.57. The Labute approximate surface area is 180 Å². The van der Waals surface area contributed by atoms with E-state index in [-0.39, 0.29) is 11.8 Å². The van der Waals surface area contributed by atoms with Gasteiger partial charge < -0.3 is 10.6 Å². The van der Waals surface area contributed by atoms with Gasteiger partial charge in [-0.15, -0.1) is 0 Å². The first-order chi connectivity index (χ1) is 14.9. The van der Waals surface area contributed by atoms with Crippen LogP contribution in [0.1, 0.15) is 18.5 Å². The van der Waals surface area contributed by atoms with Crippen LogP contribution in [-0.4, -0.2) is 67.6 Å². The predicted molar refractivity (Wildman–Crippen MR) is 118 cm³/mol. The first-order valence-corrected chi connectivity index (χ1v) is 11.8. The zero-order valence-corrected chi connectivity index (χ0v) is 18.1. The van der Waals surface area contributed by atoms with Gasteiger partial charge in [0, 0.05) is 26.7 Å². The summed E-state index contributed by atoms with van der Waals surface area (Å²) in [5.74, 6) is 0.967. The first-order valence-electron chi connectivity index (χ1n) is 10.2. The summed E-state index contributed by atoms with van der Waals surface area (Å²) < 4.78 is 41.9. The number of halogens is 1. The SMILES string of the molecule is C=C(c1cccc(N[C@H]2CNC[C@@H]2F)n1)n1cc(N2CCCCS2(=O)=O)nc/c1=N/C. The molecular weight excluding hydrogens is 421 g/mol. The van der Waals surface area contributed by atoms with E-state index in [1.165, 1.54) is 10.5 Å². The van der Waals surface area contributed by atoms with E-state index in [4.69, 9.17) is 0 Å². The van der Waals surface area contributed by atoms with Crippen LogP contribution >= 0.6 is 0 Å². The summed E-state index contributed by atoms with van der Waals surface area (Å²) in [5, 5.41) is 6.12. The summed E-state index contributed by atoms with van der Waals surface area (Å²) in [4.78, 5) is 13.1. The molecule has 0 radical (unpaired) electrons. The Balaban J connectivity index is 1.66. The molecule has 0 aromatic carbocycles. The molecule has 2 fully saturated rings. The van der Waals surface area contributed by atoms with E-state index < -0.39 is 16.2 Å². The lowest BCUT2D eigenvalue weighted by Gasteiger charge is -2.27. The number of hydrogen-bond donors (Lipinski definition) is 2. The van der Waals surface area contributed by atoms with Crippen molar-refractivity contribution < 1.29 is 12.8 Å². The number of alkyl halides is 1. The highest BCUT2D eigenvalue weighted by Gasteiger charge is 2.28. The second-order valence-electron chi connectivity index (χ2n) is 7.57. The number of sulfonamides is 1. The van der Waals surface area contributed by atoms with Crippen LogP contribution in [0.25, 0.3) is 5.70 Å². The van der Waals surface area contributed by atoms with E-state index in [0.29, 0.717) is 54.6 Å². The third kappa shape index (κ3) is 4.47. The first kappa shape index (κ1) is 21.4. The number of pyridine rings is 1. The summed E-state index contributed by atoms with van der Waals surface area (Å²) in [7, 11) is -1.78. The Morgan fingerprint density at radius 1 is 1.35 bits per heavy atom. The van der Waals surface area contributed by atoms with E-state index in [1.807, 2.05) is 6.07 Å². The van der Waals surface area contributed by atoms with Crippen molar-refractivity contribution in [1.29, 1.82) is 0 Å². The maximum Gasteiger partial charge on any atom is 0.236 e. The number of anilines is 2. The molecule has 0 saturated carbocycles. The van der Waals surface area contributed by atoms with Gasteiger partial charge in [0.1, 0.15) is 12.0 Å². The van der Waals surface area contributed by atoms with Crippen molar-refractivity contribution in [2.75, 3.05) is 42.1 Å². The van der Waals surface area contributed by atoms with Gasteiger partial charge in [0.05, 0.1) is 35.6 Å². The third-order valence-corrected chi connectivity index (χ3v) is 7.29. The minimum atomic E-state index is -3.40. The van der Waals surface area contributed by atoms with Crippen LogP contribution in [0.3, 0.4) is 0 Å². The lowest BCUT2D eigenvalue weighted by atomic mass is 10.2. The molecule has 11 heteroatoms. The molecule has 4 heterocycles. The topological polar surface area (TPSA) is 105 Å². The molecule has 166 valence electrons. The lowest BCUT2D eigenvalue weighted by Crippen LogP contribution is -2.39. The van der Waals surface area contributed by atoms with E-state index in [0.717, 1.165) is 6.42 Å². The van der Waals surface area contributed by atoms with Crippen molar-refractivity contribution in [1.82, 2.24) is 19.9 Å². The van der Waals surface area contributed by atoms with Gasteiger partial charge in [-0.05, 0) is 25.0 Å². The number of nitrogens with one attached hydrogen (secondary N) is 2. The monoisotopic (exact) mass is 447 g/mol. The normalized spacial score (nSPS) is 23.7. The van der Waals surface area contributed by atoms with Gasteiger partial charge in [-0.2, -0.15) is 0 Å². The Morgan fingerprint density at radius 3 is 2.90 bits per heavy atom. The van der Waals surface area contributed by atoms with Crippen LogP contribution in [0, 0.1) is 0 Å². The van der Waals surface area contributed by atoms with Gasteiger partial charge in [0.15, 0.2) is 11.3 Å². The van der Waals surface area contributed by atoms with Crippen molar-refractivity contribution in [2.24, 2.45) is 4.99 Å². The number of aromatic nitrogens is 3. The zero-order chi connectivity index (χ0) is 22.0. The second kappa shape index (κ2) is 8.75. The van der Waals surface area contributed by atoms with Gasteiger partial charge in [-0.25, -0.2) is 22.8 Å². The van der Waals surface area contributed by atoms with Crippen LogP contribution in [0.5, 0.6) is 0 Å². The van der Waals surface area contributed by atoms with E-state index >= 15 is 0 Å². The van der Waals surface area contributed by atoms with Crippen molar-refractivity contribution in [2.45, 2.75) is 25.1 Å². The molecule has 2 atom stereocenters. The van der Waals surface area contributed by atoms with Crippen LogP contribution in [-0.2, 0) is 10.0 Å². The molecule has 2 N–H and O–H groups in total. The Bertz CT molecular complexity index is 1150. The predicted octanol–water partition coefficient (Wildman–Crippen LogP) is 0.979. The number of nitrogens with zero attached hydrogens (tertiary/aromatic N) is 5. The lowest BCUT2D eigenvalue weighted by molar-refractivity contribution is 0.342. The van der Waals surface area contributed by atoms with E-state index in [9.17, 15) is 12.8 Å². The fourth-order valence-electron chi connectivity index (χ4n) is 3.74. The van der Waals surface area contributed by atoms with Gasteiger partial charge >= 0.3 is 0 Å². The largest absolute Gasteiger partial charge is 0.363 e. The highest BCUT2D eigenvalue weighted by Crippen LogP contribution is 2.22. The van der Waals surface area contributed by atoms with Crippen LogP contribution in [0.15, 0.2) is 42.2 Å². The summed E-state index contributed by atoms with van der Waals surface area (Å²) in [6.07, 6.45) is 3.58. The average Bonchev–Trinajstić information content (AvgIpc) is 3.17. The molecule has 0 amide bonds. The average molecular weight is 448 g/mol. The van der Waals surface area contributed by atoms with Crippen LogP contribution < -0.4 is 20.4 Å². The molecule has 2 saturated heterocycles. The zero-order valence-electron chi connectivity index (χ0n) is 17.3. The standard InChI is InChI=1S/C20H26FN7O2S/c1-14(16-6-5-7-18(25-16)26-17-11-23-10-15(17)21)27-13-20(24-12-19(27)22-2)28-8-3-4-9-31(28,29)30/h5-7,12-13,15,17,23H,1,3-4,8-11H2,2H3,(H,25,26)/b22-19-/t15-,17-/m0/s1. The summed E-state index contributed by atoms with van der Waals surface area (Å²) >= 11 is 0.